The van der Waals surface area contributed by atoms with Crippen LogP contribution in [0.4, 0.5) is 5.82 Å². The van der Waals surface area contributed by atoms with E-state index >= 15 is 0 Å². The highest BCUT2D eigenvalue weighted by atomic mass is 35.5. The predicted octanol–water partition coefficient (Wildman–Crippen LogP) is 3.50. The highest BCUT2D eigenvalue weighted by molar-refractivity contribution is 6.42. The van der Waals surface area contributed by atoms with Crippen LogP contribution in [-0.2, 0) is 11.3 Å². The number of nitrogens with zero attached hydrogens (tertiary/aromatic N) is 2. The minimum absolute atomic E-state index is 0.0995. The lowest BCUT2D eigenvalue weighted by atomic mass is 10.2. The summed E-state index contributed by atoms with van der Waals surface area (Å²) in [7, 11) is 0. The Morgan fingerprint density at radius 1 is 1.28 bits per heavy atom. The van der Waals surface area contributed by atoms with Crippen molar-refractivity contribution in [3.05, 3.63) is 45.6 Å². The molecule has 0 aliphatic rings. The van der Waals surface area contributed by atoms with Gasteiger partial charge >= 0.3 is 0 Å². The summed E-state index contributed by atoms with van der Waals surface area (Å²) < 4.78 is 4.92. The van der Waals surface area contributed by atoms with Crippen LogP contribution in [0.5, 0.6) is 0 Å². The Labute approximate surface area is 156 Å². The predicted molar refractivity (Wildman–Crippen MR) is 97.9 cm³/mol. The number of hydrogen-bond donors (Lipinski definition) is 2. The number of aliphatic hydroxyl groups is 1. The number of amides is 1. The zero-order chi connectivity index (χ0) is 18.2. The van der Waals surface area contributed by atoms with Crippen molar-refractivity contribution >= 4 is 34.9 Å². The van der Waals surface area contributed by atoms with Crippen LogP contribution in [0.2, 0.25) is 10.0 Å². The molecule has 0 fully saturated rings. The second-order valence-electron chi connectivity index (χ2n) is 5.72. The topological polar surface area (TPSA) is 78.6 Å². The summed E-state index contributed by atoms with van der Waals surface area (Å²) in [5.41, 5.74) is 1.000. The minimum Gasteiger partial charge on any atom is -0.396 e. The first kappa shape index (κ1) is 19.7. The molecule has 136 valence electrons. The quantitative estimate of drug-likeness (QED) is 0.690. The van der Waals surface area contributed by atoms with Gasteiger partial charge in [0.25, 0.3) is 0 Å². The molecule has 0 bridgehead atoms. The average Bonchev–Trinajstić information content (AvgIpc) is 2.98. The molecule has 1 aromatic heterocycles. The van der Waals surface area contributed by atoms with Crippen LogP contribution >= 0.6 is 23.2 Å². The number of carbonyl (C=O) groups is 1. The smallest absolute Gasteiger partial charge is 0.226 e. The molecule has 0 saturated carbocycles. The van der Waals surface area contributed by atoms with Gasteiger partial charge in [0.15, 0.2) is 5.82 Å². The monoisotopic (exact) mass is 385 g/mol. The van der Waals surface area contributed by atoms with Crippen LogP contribution in [0, 0.1) is 6.92 Å². The summed E-state index contributed by atoms with van der Waals surface area (Å²) in [6.07, 6.45) is 0.935. The van der Waals surface area contributed by atoms with Gasteiger partial charge in [0.2, 0.25) is 5.91 Å². The van der Waals surface area contributed by atoms with E-state index in [2.05, 4.69) is 15.4 Å². The van der Waals surface area contributed by atoms with Gasteiger partial charge in [-0.05, 0) is 31.0 Å². The zero-order valence-corrected chi connectivity index (χ0v) is 15.5. The standard InChI is InChI=1S/C17H21Cl2N3O3/c1-12-9-16(21-25-12)20-17(24)5-7-22(6-2-8-23)11-13-3-4-14(18)15(19)10-13/h3-4,9-10,23H,2,5-8,11H2,1H3,(H,20,21,24). The molecule has 1 amide bonds. The molecular formula is C17H21Cl2N3O3. The maximum Gasteiger partial charge on any atom is 0.226 e. The number of nitrogens with one attached hydrogen (secondary N) is 1. The van der Waals surface area contributed by atoms with Gasteiger partial charge in [0.1, 0.15) is 5.76 Å². The van der Waals surface area contributed by atoms with Crippen molar-refractivity contribution in [1.29, 1.82) is 0 Å². The van der Waals surface area contributed by atoms with Crippen LogP contribution < -0.4 is 5.32 Å². The molecular weight excluding hydrogens is 365 g/mol. The van der Waals surface area contributed by atoms with E-state index in [0.29, 0.717) is 54.1 Å². The molecule has 2 rings (SSSR count). The molecule has 6 nitrogen and oxygen atoms in total. The molecule has 0 atom stereocenters. The Kier molecular flexibility index (Phi) is 7.71. The van der Waals surface area contributed by atoms with Crippen LogP contribution in [0.15, 0.2) is 28.8 Å². The normalized spacial score (nSPS) is 11.1. The molecule has 0 aliphatic heterocycles. The lowest BCUT2D eigenvalue weighted by molar-refractivity contribution is -0.116. The molecule has 0 spiro atoms. The van der Waals surface area contributed by atoms with Gasteiger partial charge in [-0.2, -0.15) is 0 Å². The fraction of sp³-hybridized carbons (Fsp3) is 0.412. The number of aryl methyl sites for hydroxylation is 1. The van der Waals surface area contributed by atoms with Crippen LogP contribution in [0.25, 0.3) is 0 Å². The number of anilines is 1. The number of carbonyl (C=O) groups excluding carboxylic acids is 1. The Morgan fingerprint density at radius 3 is 2.72 bits per heavy atom. The van der Waals surface area contributed by atoms with Crippen LogP contribution in [0.1, 0.15) is 24.2 Å². The first-order chi connectivity index (χ1) is 12.0. The van der Waals surface area contributed by atoms with Gasteiger partial charge < -0.3 is 14.9 Å². The van der Waals surface area contributed by atoms with E-state index in [1.165, 1.54) is 0 Å². The van der Waals surface area contributed by atoms with Gasteiger partial charge in [-0.15, -0.1) is 0 Å². The fourth-order valence-corrected chi connectivity index (χ4v) is 2.67. The van der Waals surface area contributed by atoms with Crippen molar-refractivity contribution in [2.75, 3.05) is 25.0 Å². The van der Waals surface area contributed by atoms with E-state index in [-0.39, 0.29) is 12.5 Å². The minimum atomic E-state index is -0.142. The third-order valence-electron chi connectivity index (χ3n) is 3.57. The van der Waals surface area contributed by atoms with Gasteiger partial charge in [-0.3, -0.25) is 9.69 Å². The van der Waals surface area contributed by atoms with Gasteiger partial charge in [0.05, 0.1) is 10.0 Å². The number of halogens is 2. The molecule has 1 heterocycles. The summed E-state index contributed by atoms with van der Waals surface area (Å²) in [4.78, 5) is 14.1. The number of aliphatic hydroxyl groups excluding tert-OH is 1. The Balaban J connectivity index is 1.90. The first-order valence-electron chi connectivity index (χ1n) is 7.98. The van der Waals surface area contributed by atoms with Crippen LogP contribution in [-0.4, -0.2) is 40.8 Å². The molecule has 2 aromatic rings. The third kappa shape index (κ3) is 6.66. The maximum atomic E-state index is 12.0. The van der Waals surface area contributed by atoms with Crippen molar-refractivity contribution in [3.8, 4) is 0 Å². The van der Waals surface area contributed by atoms with Crippen molar-refractivity contribution in [1.82, 2.24) is 10.1 Å². The Morgan fingerprint density at radius 2 is 2.08 bits per heavy atom. The molecule has 1 aromatic carbocycles. The lowest BCUT2D eigenvalue weighted by Gasteiger charge is -2.22. The molecule has 8 heteroatoms. The first-order valence-corrected chi connectivity index (χ1v) is 8.74. The SMILES string of the molecule is Cc1cc(NC(=O)CCN(CCCO)Cc2ccc(Cl)c(Cl)c2)no1. The summed E-state index contributed by atoms with van der Waals surface area (Å²) in [5.74, 6) is 0.907. The van der Waals surface area contributed by atoms with E-state index < -0.39 is 0 Å². The highest BCUT2D eigenvalue weighted by Crippen LogP contribution is 2.23. The van der Waals surface area contributed by atoms with E-state index in [1.807, 2.05) is 12.1 Å². The van der Waals surface area contributed by atoms with E-state index in [0.717, 1.165) is 5.56 Å². The lowest BCUT2D eigenvalue weighted by Crippen LogP contribution is -2.29. The number of aromatic nitrogens is 1. The summed E-state index contributed by atoms with van der Waals surface area (Å²) in [5, 5.41) is 16.5. The van der Waals surface area contributed by atoms with E-state index in [9.17, 15) is 4.79 Å². The van der Waals surface area contributed by atoms with E-state index in [4.69, 9.17) is 32.8 Å². The van der Waals surface area contributed by atoms with Crippen LogP contribution in [0.3, 0.4) is 0 Å². The fourth-order valence-electron chi connectivity index (χ4n) is 2.35. The Bertz CT molecular complexity index is 706. The van der Waals surface area contributed by atoms with Crippen molar-refractivity contribution in [2.45, 2.75) is 26.3 Å². The summed E-state index contributed by atoms with van der Waals surface area (Å²) >= 11 is 12.0. The summed E-state index contributed by atoms with van der Waals surface area (Å²) in [6.45, 7) is 3.70. The second kappa shape index (κ2) is 9.77. The number of hydrogen-bond acceptors (Lipinski definition) is 5. The molecule has 2 N–H and O–H groups in total. The van der Waals surface area contributed by atoms with Gasteiger partial charge in [-0.1, -0.05) is 34.4 Å². The maximum absolute atomic E-state index is 12.0. The molecule has 0 unspecified atom stereocenters. The largest absolute Gasteiger partial charge is 0.396 e. The molecule has 25 heavy (non-hydrogen) atoms. The number of rotatable bonds is 9. The van der Waals surface area contributed by atoms with Gasteiger partial charge in [0, 0.05) is 38.7 Å². The second-order valence-corrected chi connectivity index (χ2v) is 6.54. The van der Waals surface area contributed by atoms with Gasteiger partial charge in [-0.25, -0.2) is 0 Å². The average molecular weight is 386 g/mol. The zero-order valence-electron chi connectivity index (χ0n) is 14.0. The highest BCUT2D eigenvalue weighted by Gasteiger charge is 2.11. The third-order valence-corrected chi connectivity index (χ3v) is 4.31. The summed E-state index contributed by atoms with van der Waals surface area (Å²) in [6, 6.07) is 7.13. The number of benzene rings is 1. The van der Waals surface area contributed by atoms with Crippen molar-refractivity contribution in [3.63, 3.8) is 0 Å². The Hall–Kier alpha value is -1.60. The molecule has 0 radical (unpaired) electrons. The molecule has 0 saturated heterocycles. The van der Waals surface area contributed by atoms with E-state index in [1.54, 1.807) is 19.1 Å². The molecule has 0 aliphatic carbocycles. The van der Waals surface area contributed by atoms with Crippen molar-refractivity contribution < 1.29 is 14.4 Å². The van der Waals surface area contributed by atoms with Crippen molar-refractivity contribution in [2.24, 2.45) is 0 Å².